The van der Waals surface area contributed by atoms with Crippen molar-refractivity contribution in [2.45, 2.75) is 58.5 Å². The summed E-state index contributed by atoms with van der Waals surface area (Å²) >= 11 is 6.45. The largest absolute Gasteiger partial charge is 0.312 e. The van der Waals surface area contributed by atoms with Crippen LogP contribution >= 0.6 is 11.6 Å². The monoisotopic (exact) mass is 310 g/mol. The number of aryl methyl sites for hydroxylation is 1. The van der Waals surface area contributed by atoms with Crippen LogP contribution in [0.15, 0.2) is 18.2 Å². The molecule has 0 heterocycles. The van der Waals surface area contributed by atoms with Crippen molar-refractivity contribution in [1.29, 1.82) is 0 Å². The van der Waals surface area contributed by atoms with Gasteiger partial charge in [-0.25, -0.2) is 0 Å². The smallest absolute Gasteiger partial charge is 0.0441 e. The van der Waals surface area contributed by atoms with E-state index in [2.05, 4.69) is 70.2 Å². The van der Waals surface area contributed by atoms with E-state index in [1.807, 2.05) is 0 Å². The minimum absolute atomic E-state index is 0.157. The van der Waals surface area contributed by atoms with Crippen LogP contribution in [0.1, 0.15) is 44.7 Å². The molecule has 3 heteroatoms. The van der Waals surface area contributed by atoms with Crippen LogP contribution in [-0.2, 0) is 6.42 Å². The zero-order valence-corrected chi connectivity index (χ0v) is 15.2. The van der Waals surface area contributed by atoms with Crippen molar-refractivity contribution in [1.82, 2.24) is 10.2 Å². The second-order valence-electron chi connectivity index (χ2n) is 6.11. The molecule has 0 amide bonds. The van der Waals surface area contributed by atoms with Crippen LogP contribution in [0.25, 0.3) is 0 Å². The molecule has 0 saturated carbocycles. The van der Waals surface area contributed by atoms with Crippen LogP contribution in [0.2, 0.25) is 5.02 Å². The minimum atomic E-state index is 0.157. The Morgan fingerprint density at radius 2 is 1.81 bits per heavy atom. The number of nitrogens with one attached hydrogen (secondary N) is 1. The first kappa shape index (κ1) is 18.5. The number of likely N-dealkylation sites (N-methyl/N-ethyl adjacent to an activating group) is 2. The van der Waals surface area contributed by atoms with Gasteiger partial charge in [-0.3, -0.25) is 0 Å². The molecule has 2 nitrogen and oxygen atoms in total. The average molecular weight is 311 g/mol. The second-order valence-corrected chi connectivity index (χ2v) is 6.52. The maximum atomic E-state index is 6.45. The molecular formula is C18H31ClN2. The highest BCUT2D eigenvalue weighted by molar-refractivity contribution is 6.31. The molecule has 0 aliphatic rings. The summed E-state index contributed by atoms with van der Waals surface area (Å²) in [5, 5.41) is 4.58. The number of benzene rings is 1. The lowest BCUT2D eigenvalue weighted by atomic mass is 9.80. The van der Waals surface area contributed by atoms with Gasteiger partial charge in [-0.2, -0.15) is 0 Å². The lowest BCUT2D eigenvalue weighted by Crippen LogP contribution is -2.59. The first-order chi connectivity index (χ1) is 9.91. The highest BCUT2D eigenvalue weighted by Gasteiger charge is 2.37. The summed E-state index contributed by atoms with van der Waals surface area (Å²) in [6.45, 7) is 9.80. The highest BCUT2D eigenvalue weighted by Crippen LogP contribution is 2.30. The van der Waals surface area contributed by atoms with Gasteiger partial charge in [0.05, 0.1) is 0 Å². The topological polar surface area (TPSA) is 15.3 Å². The Labute approximate surface area is 135 Å². The SMILES string of the molecule is CCNC(Cc1ccc(C)cc1Cl)C(CC)(CC)N(C)C. The van der Waals surface area contributed by atoms with Gasteiger partial charge in [-0.05, 0) is 64.0 Å². The third-order valence-electron chi connectivity index (χ3n) is 4.85. The van der Waals surface area contributed by atoms with Gasteiger partial charge in [0.1, 0.15) is 0 Å². The van der Waals surface area contributed by atoms with Crippen molar-refractivity contribution in [3.8, 4) is 0 Å². The van der Waals surface area contributed by atoms with Gasteiger partial charge in [0.25, 0.3) is 0 Å². The standard InChI is InChI=1S/C18H31ClN2/c1-7-18(8-2,21(5)6)17(20-9-3)13-15-11-10-14(4)12-16(15)19/h10-12,17,20H,7-9,13H2,1-6H3. The first-order valence-electron chi connectivity index (χ1n) is 8.07. The number of halogens is 1. The maximum Gasteiger partial charge on any atom is 0.0441 e. The summed E-state index contributed by atoms with van der Waals surface area (Å²) in [7, 11) is 4.38. The molecule has 0 bridgehead atoms. The summed E-state index contributed by atoms with van der Waals surface area (Å²) in [6, 6.07) is 6.79. The zero-order valence-electron chi connectivity index (χ0n) is 14.5. The number of rotatable bonds is 8. The average Bonchev–Trinajstić information content (AvgIpc) is 2.43. The van der Waals surface area contributed by atoms with Crippen molar-refractivity contribution in [2.75, 3.05) is 20.6 Å². The first-order valence-corrected chi connectivity index (χ1v) is 8.44. The zero-order chi connectivity index (χ0) is 16.0. The predicted molar refractivity (Wildman–Crippen MR) is 94.4 cm³/mol. The van der Waals surface area contributed by atoms with Crippen molar-refractivity contribution in [3.63, 3.8) is 0 Å². The molecule has 0 aliphatic heterocycles. The number of nitrogens with zero attached hydrogens (tertiary/aromatic N) is 1. The molecule has 0 fully saturated rings. The van der Waals surface area contributed by atoms with Gasteiger partial charge in [-0.15, -0.1) is 0 Å². The summed E-state index contributed by atoms with van der Waals surface area (Å²) in [4.78, 5) is 2.38. The predicted octanol–water partition coefficient (Wildman–Crippen LogP) is 4.29. The lowest BCUT2D eigenvalue weighted by Gasteiger charge is -2.46. The Morgan fingerprint density at radius 3 is 2.24 bits per heavy atom. The minimum Gasteiger partial charge on any atom is -0.312 e. The molecule has 21 heavy (non-hydrogen) atoms. The number of hydrogen-bond acceptors (Lipinski definition) is 2. The van der Waals surface area contributed by atoms with Crippen molar-refractivity contribution in [3.05, 3.63) is 34.3 Å². The van der Waals surface area contributed by atoms with E-state index in [4.69, 9.17) is 11.6 Å². The van der Waals surface area contributed by atoms with Crippen LogP contribution in [0.5, 0.6) is 0 Å². The van der Waals surface area contributed by atoms with E-state index in [0.717, 1.165) is 30.8 Å². The molecule has 1 N–H and O–H groups in total. The maximum absolute atomic E-state index is 6.45. The van der Waals surface area contributed by atoms with Gasteiger partial charge in [0, 0.05) is 16.6 Å². The highest BCUT2D eigenvalue weighted by atomic mass is 35.5. The molecule has 1 rings (SSSR count). The molecule has 1 unspecified atom stereocenters. The summed E-state index contributed by atoms with van der Waals surface area (Å²) < 4.78 is 0. The van der Waals surface area contributed by atoms with Crippen molar-refractivity contribution < 1.29 is 0 Å². The van der Waals surface area contributed by atoms with Gasteiger partial charge in [-0.1, -0.05) is 44.5 Å². The molecule has 0 radical (unpaired) electrons. The summed E-state index contributed by atoms with van der Waals surface area (Å²) in [6.07, 6.45) is 3.21. The van der Waals surface area contributed by atoms with Crippen LogP contribution in [0, 0.1) is 6.92 Å². The van der Waals surface area contributed by atoms with Crippen molar-refractivity contribution >= 4 is 11.6 Å². The molecular weight excluding hydrogens is 280 g/mol. The van der Waals surface area contributed by atoms with Crippen LogP contribution in [-0.4, -0.2) is 37.1 Å². The third-order valence-corrected chi connectivity index (χ3v) is 5.20. The fourth-order valence-electron chi connectivity index (χ4n) is 3.42. The Morgan fingerprint density at radius 1 is 1.19 bits per heavy atom. The molecule has 0 spiro atoms. The summed E-state index contributed by atoms with van der Waals surface area (Å²) in [5.41, 5.74) is 2.61. The quantitative estimate of drug-likeness (QED) is 0.770. The molecule has 0 aromatic heterocycles. The van der Waals surface area contributed by atoms with E-state index in [1.54, 1.807) is 0 Å². The Hall–Kier alpha value is -0.570. The molecule has 120 valence electrons. The molecule has 0 saturated heterocycles. The van der Waals surface area contributed by atoms with Crippen LogP contribution in [0.4, 0.5) is 0 Å². The normalized spacial score (nSPS) is 13.7. The van der Waals surface area contributed by atoms with Crippen LogP contribution in [0.3, 0.4) is 0 Å². The molecule has 0 aliphatic carbocycles. The fraction of sp³-hybridized carbons (Fsp3) is 0.667. The third kappa shape index (κ3) is 4.21. The van der Waals surface area contributed by atoms with Crippen molar-refractivity contribution in [2.24, 2.45) is 0 Å². The lowest BCUT2D eigenvalue weighted by molar-refractivity contribution is 0.0889. The van der Waals surface area contributed by atoms with E-state index in [9.17, 15) is 0 Å². The molecule has 1 aromatic rings. The van der Waals surface area contributed by atoms with E-state index in [0.29, 0.717) is 6.04 Å². The van der Waals surface area contributed by atoms with E-state index in [-0.39, 0.29) is 5.54 Å². The molecule has 1 aromatic carbocycles. The van der Waals surface area contributed by atoms with Gasteiger partial charge < -0.3 is 10.2 Å². The Bertz CT molecular complexity index is 439. The van der Waals surface area contributed by atoms with E-state index >= 15 is 0 Å². The summed E-state index contributed by atoms with van der Waals surface area (Å²) in [5.74, 6) is 0. The van der Waals surface area contributed by atoms with Gasteiger partial charge in [0.2, 0.25) is 0 Å². The van der Waals surface area contributed by atoms with Gasteiger partial charge >= 0.3 is 0 Å². The fourth-order valence-corrected chi connectivity index (χ4v) is 3.74. The van der Waals surface area contributed by atoms with E-state index < -0.39 is 0 Å². The van der Waals surface area contributed by atoms with Crippen LogP contribution < -0.4 is 5.32 Å². The number of hydrogen-bond donors (Lipinski definition) is 1. The second kappa shape index (κ2) is 8.17. The van der Waals surface area contributed by atoms with Gasteiger partial charge in [0.15, 0.2) is 0 Å². The van der Waals surface area contributed by atoms with E-state index in [1.165, 1.54) is 11.1 Å². The Kier molecular flexibility index (Phi) is 7.19. The molecule has 1 atom stereocenters. The Balaban J connectivity index is 3.10.